The summed E-state index contributed by atoms with van der Waals surface area (Å²) >= 11 is 0. The van der Waals surface area contributed by atoms with Crippen LogP contribution in [0, 0.1) is 0 Å². The van der Waals surface area contributed by atoms with Gasteiger partial charge in [0.1, 0.15) is 0 Å². The van der Waals surface area contributed by atoms with Gasteiger partial charge in [0.15, 0.2) is 0 Å². The number of ether oxygens (including phenoxy) is 1. The molecule has 0 amide bonds. The molecule has 0 saturated carbocycles. The van der Waals surface area contributed by atoms with Gasteiger partial charge in [-0.2, -0.15) is 12.7 Å². The smallest absolute Gasteiger partial charge is 0.279 e. The van der Waals surface area contributed by atoms with Crippen LogP contribution in [0.25, 0.3) is 0 Å². The van der Waals surface area contributed by atoms with Crippen LogP contribution in [0.1, 0.15) is 27.2 Å². The first-order valence-corrected chi connectivity index (χ1v) is 8.35. The second-order valence-electron chi connectivity index (χ2n) is 5.10. The van der Waals surface area contributed by atoms with Crippen molar-refractivity contribution in [1.29, 1.82) is 0 Å². The van der Waals surface area contributed by atoms with Gasteiger partial charge < -0.3 is 4.74 Å². The van der Waals surface area contributed by atoms with E-state index in [2.05, 4.69) is 23.5 Å². The Morgan fingerprint density at radius 1 is 1.26 bits per heavy atom. The average Bonchev–Trinajstić information content (AvgIpc) is 2.32. The number of rotatable bonds is 7. The van der Waals surface area contributed by atoms with Crippen molar-refractivity contribution in [3.63, 3.8) is 0 Å². The summed E-state index contributed by atoms with van der Waals surface area (Å²) in [6, 6.07) is 0.461. The van der Waals surface area contributed by atoms with Crippen molar-refractivity contribution in [2.24, 2.45) is 0 Å². The maximum Gasteiger partial charge on any atom is 0.279 e. The number of nitrogens with zero attached hydrogens (tertiary/aromatic N) is 2. The fraction of sp³-hybridized carbons (Fsp3) is 1.00. The van der Waals surface area contributed by atoms with Crippen LogP contribution in [-0.2, 0) is 14.9 Å². The van der Waals surface area contributed by atoms with Crippen LogP contribution in [-0.4, -0.2) is 69.6 Å². The molecule has 1 N–H and O–H groups in total. The highest BCUT2D eigenvalue weighted by Crippen LogP contribution is 2.18. The third kappa shape index (κ3) is 4.68. The molecule has 0 radical (unpaired) electrons. The second kappa shape index (κ2) is 7.54. The minimum atomic E-state index is -3.32. The number of hydrogen-bond acceptors (Lipinski definition) is 4. The number of hydrogen-bond donors (Lipinski definition) is 1. The first-order valence-electron chi connectivity index (χ1n) is 6.91. The molecule has 1 rings (SSSR count). The molecular formula is C12H27N3O3S. The summed E-state index contributed by atoms with van der Waals surface area (Å²) in [5, 5.41) is 0. The van der Waals surface area contributed by atoms with Gasteiger partial charge in [-0.1, -0.05) is 6.92 Å². The molecule has 114 valence electrons. The SMILES string of the molecule is CCNS(=O)(=O)N1CC(C)N(CCCOC)C(C)C1. The van der Waals surface area contributed by atoms with E-state index in [9.17, 15) is 8.42 Å². The summed E-state index contributed by atoms with van der Waals surface area (Å²) < 4.78 is 33.2. The van der Waals surface area contributed by atoms with E-state index >= 15 is 0 Å². The van der Waals surface area contributed by atoms with Gasteiger partial charge >= 0.3 is 0 Å². The molecule has 2 atom stereocenters. The van der Waals surface area contributed by atoms with E-state index in [1.807, 2.05) is 0 Å². The monoisotopic (exact) mass is 293 g/mol. The van der Waals surface area contributed by atoms with Crippen LogP contribution < -0.4 is 4.72 Å². The molecule has 0 bridgehead atoms. The average molecular weight is 293 g/mol. The summed E-state index contributed by atoms with van der Waals surface area (Å²) in [6.07, 6.45) is 0.977. The van der Waals surface area contributed by atoms with Crippen LogP contribution >= 0.6 is 0 Å². The Bertz CT molecular complexity index is 349. The molecular weight excluding hydrogens is 266 g/mol. The Morgan fingerprint density at radius 2 is 1.84 bits per heavy atom. The minimum Gasteiger partial charge on any atom is -0.385 e. The molecule has 2 unspecified atom stereocenters. The van der Waals surface area contributed by atoms with Gasteiger partial charge in [-0.3, -0.25) is 4.90 Å². The van der Waals surface area contributed by atoms with Gasteiger partial charge in [0, 0.05) is 52.0 Å². The molecule has 1 heterocycles. The summed E-state index contributed by atoms with van der Waals surface area (Å²) in [4.78, 5) is 2.36. The first kappa shape index (κ1) is 16.8. The lowest BCUT2D eigenvalue weighted by molar-refractivity contribution is 0.0661. The molecule has 0 spiro atoms. The van der Waals surface area contributed by atoms with E-state index in [0.717, 1.165) is 19.6 Å². The number of piperazine rings is 1. The van der Waals surface area contributed by atoms with Crippen molar-refractivity contribution >= 4 is 10.2 Å². The summed E-state index contributed by atoms with van der Waals surface area (Å²) in [6.45, 7) is 9.18. The van der Waals surface area contributed by atoms with Gasteiger partial charge in [0.25, 0.3) is 10.2 Å². The maximum absolute atomic E-state index is 12.0. The predicted octanol–water partition coefficient (Wildman–Crippen LogP) is 0.272. The van der Waals surface area contributed by atoms with Crippen LogP contribution in [0.15, 0.2) is 0 Å². The Kier molecular flexibility index (Phi) is 6.68. The second-order valence-corrected chi connectivity index (χ2v) is 6.86. The quantitative estimate of drug-likeness (QED) is 0.685. The standard InChI is InChI=1S/C12H27N3O3S/c1-5-13-19(16,17)14-9-11(2)15(12(3)10-14)7-6-8-18-4/h11-13H,5-10H2,1-4H3. The molecule has 0 aliphatic carbocycles. The molecule has 0 aromatic carbocycles. The highest BCUT2D eigenvalue weighted by molar-refractivity contribution is 7.87. The summed E-state index contributed by atoms with van der Waals surface area (Å²) in [7, 11) is -1.61. The number of methoxy groups -OCH3 is 1. The van der Waals surface area contributed by atoms with E-state index in [4.69, 9.17) is 4.74 Å². The Morgan fingerprint density at radius 3 is 2.32 bits per heavy atom. The maximum atomic E-state index is 12.0. The normalized spacial score (nSPS) is 26.7. The van der Waals surface area contributed by atoms with E-state index in [1.165, 1.54) is 0 Å². The largest absolute Gasteiger partial charge is 0.385 e. The summed E-state index contributed by atoms with van der Waals surface area (Å²) in [5.74, 6) is 0. The van der Waals surface area contributed by atoms with Crippen LogP contribution in [0.2, 0.25) is 0 Å². The molecule has 1 aliphatic rings. The van der Waals surface area contributed by atoms with Crippen LogP contribution in [0.4, 0.5) is 0 Å². The van der Waals surface area contributed by atoms with Crippen LogP contribution in [0.3, 0.4) is 0 Å². The third-order valence-electron chi connectivity index (χ3n) is 3.50. The highest BCUT2D eigenvalue weighted by atomic mass is 32.2. The van der Waals surface area contributed by atoms with Crippen molar-refractivity contribution in [3.05, 3.63) is 0 Å². The molecule has 7 heteroatoms. The van der Waals surface area contributed by atoms with E-state index in [0.29, 0.717) is 19.6 Å². The predicted molar refractivity (Wildman–Crippen MR) is 76.3 cm³/mol. The Labute approximate surface area is 117 Å². The van der Waals surface area contributed by atoms with E-state index in [-0.39, 0.29) is 12.1 Å². The minimum absolute atomic E-state index is 0.231. The lowest BCUT2D eigenvalue weighted by atomic mass is 10.1. The highest BCUT2D eigenvalue weighted by Gasteiger charge is 2.34. The molecule has 1 aliphatic heterocycles. The zero-order valence-corrected chi connectivity index (χ0v) is 13.2. The topological polar surface area (TPSA) is 61.9 Å². The van der Waals surface area contributed by atoms with E-state index in [1.54, 1.807) is 18.3 Å². The Hall–Kier alpha value is -0.210. The van der Waals surface area contributed by atoms with Crippen molar-refractivity contribution in [2.45, 2.75) is 39.3 Å². The molecule has 1 fully saturated rings. The first-order chi connectivity index (χ1) is 8.92. The molecule has 0 aromatic heterocycles. The van der Waals surface area contributed by atoms with Crippen LogP contribution in [0.5, 0.6) is 0 Å². The molecule has 19 heavy (non-hydrogen) atoms. The fourth-order valence-electron chi connectivity index (χ4n) is 2.61. The lowest BCUT2D eigenvalue weighted by Gasteiger charge is -2.43. The summed E-state index contributed by atoms with van der Waals surface area (Å²) in [5.41, 5.74) is 0. The van der Waals surface area contributed by atoms with Crippen molar-refractivity contribution < 1.29 is 13.2 Å². The van der Waals surface area contributed by atoms with Gasteiger partial charge in [-0.25, -0.2) is 4.72 Å². The van der Waals surface area contributed by atoms with Crippen molar-refractivity contribution in [3.8, 4) is 0 Å². The van der Waals surface area contributed by atoms with Gasteiger partial charge in [-0.05, 0) is 20.3 Å². The molecule has 1 saturated heterocycles. The van der Waals surface area contributed by atoms with Crippen molar-refractivity contribution in [1.82, 2.24) is 13.9 Å². The zero-order chi connectivity index (χ0) is 14.5. The van der Waals surface area contributed by atoms with E-state index < -0.39 is 10.2 Å². The van der Waals surface area contributed by atoms with Gasteiger partial charge in [0.05, 0.1) is 0 Å². The van der Waals surface area contributed by atoms with Crippen molar-refractivity contribution in [2.75, 3.05) is 39.9 Å². The Balaban J connectivity index is 2.60. The third-order valence-corrected chi connectivity index (χ3v) is 5.13. The zero-order valence-electron chi connectivity index (χ0n) is 12.4. The molecule has 6 nitrogen and oxygen atoms in total. The lowest BCUT2D eigenvalue weighted by Crippen LogP contribution is -2.59. The van der Waals surface area contributed by atoms with Gasteiger partial charge in [-0.15, -0.1) is 0 Å². The van der Waals surface area contributed by atoms with Gasteiger partial charge in [0.2, 0.25) is 0 Å². The molecule has 0 aromatic rings. The number of nitrogens with one attached hydrogen (secondary N) is 1. The fourth-order valence-corrected chi connectivity index (χ4v) is 3.98.